The van der Waals surface area contributed by atoms with Crippen LogP contribution >= 0.6 is 23.5 Å². The fraction of sp³-hybridized carbons (Fsp3) is 0.176. The maximum atomic E-state index is 5.39. The van der Waals surface area contributed by atoms with E-state index in [9.17, 15) is 0 Å². The molecule has 0 atom stereocenters. The molecule has 4 aromatic rings. The van der Waals surface area contributed by atoms with Crippen LogP contribution in [0.25, 0.3) is 16.7 Å². The van der Waals surface area contributed by atoms with E-state index in [4.69, 9.17) is 9.47 Å². The molecule has 1 aliphatic rings. The normalized spacial score (nSPS) is 14.7. The first-order valence-corrected chi connectivity index (χ1v) is 14.8. The van der Waals surface area contributed by atoms with Crippen molar-refractivity contribution in [3.63, 3.8) is 0 Å². The summed E-state index contributed by atoms with van der Waals surface area (Å²) in [5.74, 6) is 4.02. The Morgan fingerprint density at radius 2 is 1.18 bits per heavy atom. The summed E-state index contributed by atoms with van der Waals surface area (Å²) in [4.78, 5) is 0. The van der Waals surface area contributed by atoms with Crippen LogP contribution in [0.2, 0.25) is 0 Å². The molecule has 38 heavy (non-hydrogen) atoms. The van der Waals surface area contributed by atoms with E-state index in [0.29, 0.717) is 0 Å². The van der Waals surface area contributed by atoms with Crippen molar-refractivity contribution in [3.05, 3.63) is 138 Å². The predicted octanol–water partition coefficient (Wildman–Crippen LogP) is 9.08. The van der Waals surface area contributed by atoms with E-state index in [2.05, 4.69) is 97.1 Å². The van der Waals surface area contributed by atoms with Gasteiger partial charge in [0.05, 0.1) is 14.2 Å². The Hall–Kier alpha value is -3.34. The number of rotatable bonds is 8. The van der Waals surface area contributed by atoms with E-state index in [1.165, 1.54) is 23.1 Å². The van der Waals surface area contributed by atoms with Crippen LogP contribution in [0.5, 0.6) is 11.5 Å². The highest BCUT2D eigenvalue weighted by molar-refractivity contribution is 8.18. The maximum Gasteiger partial charge on any atom is 0.118 e. The molecule has 0 saturated carbocycles. The standard InChI is InChI=1S/C34H32O2S2/c1-35-31-19-13-28(14-20-31)33(29-15-21-32(36-2)22-16-29)10-6-23-34(37-24-7-25-38-34)30-17-11-27(12-18-30)26-8-4-3-5-9-26/h3-6,8-23H,7,24-25H2,1-2H3. The van der Waals surface area contributed by atoms with E-state index in [0.717, 1.165) is 39.7 Å². The van der Waals surface area contributed by atoms with Crippen molar-refractivity contribution in [3.8, 4) is 22.6 Å². The highest BCUT2D eigenvalue weighted by Crippen LogP contribution is 2.51. The first-order chi connectivity index (χ1) is 18.7. The lowest BCUT2D eigenvalue weighted by molar-refractivity contribution is 0.414. The Bertz CT molecular complexity index is 1320. The molecule has 4 heteroatoms. The number of ether oxygens (including phenoxy) is 2. The van der Waals surface area contributed by atoms with E-state index in [1.807, 2.05) is 47.8 Å². The Morgan fingerprint density at radius 3 is 1.71 bits per heavy atom. The highest BCUT2D eigenvalue weighted by Gasteiger charge is 2.33. The average molecular weight is 537 g/mol. The van der Waals surface area contributed by atoms with E-state index >= 15 is 0 Å². The molecule has 4 aromatic carbocycles. The van der Waals surface area contributed by atoms with Gasteiger partial charge in [-0.05, 0) is 75.6 Å². The number of allylic oxidation sites excluding steroid dienone is 2. The second kappa shape index (κ2) is 12.5. The SMILES string of the molecule is COc1ccc(C(=CC=CC2(c3ccc(-c4ccccc4)cc3)SCCCS2)c2ccc(OC)cc2)cc1. The maximum absolute atomic E-state index is 5.39. The Kier molecular flexibility index (Phi) is 8.62. The van der Waals surface area contributed by atoms with Crippen LogP contribution in [0, 0.1) is 0 Å². The number of benzene rings is 4. The third-order valence-electron chi connectivity index (χ3n) is 6.70. The van der Waals surface area contributed by atoms with E-state index in [1.54, 1.807) is 14.2 Å². The van der Waals surface area contributed by atoms with Crippen molar-refractivity contribution in [2.45, 2.75) is 10.5 Å². The minimum absolute atomic E-state index is 0.102. The molecule has 1 aliphatic heterocycles. The lowest BCUT2D eigenvalue weighted by Crippen LogP contribution is -2.20. The lowest BCUT2D eigenvalue weighted by Gasteiger charge is -2.34. The Morgan fingerprint density at radius 1 is 0.658 bits per heavy atom. The molecule has 5 rings (SSSR count). The zero-order valence-corrected chi connectivity index (χ0v) is 23.4. The monoisotopic (exact) mass is 536 g/mol. The van der Waals surface area contributed by atoms with Gasteiger partial charge in [-0.2, -0.15) is 0 Å². The zero-order chi connectivity index (χ0) is 26.2. The molecule has 0 N–H and O–H groups in total. The van der Waals surface area contributed by atoms with Gasteiger partial charge in [0, 0.05) is 0 Å². The molecule has 0 amide bonds. The lowest BCUT2D eigenvalue weighted by atomic mass is 9.97. The van der Waals surface area contributed by atoms with Gasteiger partial charge in [0.15, 0.2) is 0 Å². The third kappa shape index (κ3) is 6.03. The smallest absolute Gasteiger partial charge is 0.118 e. The van der Waals surface area contributed by atoms with Crippen LogP contribution < -0.4 is 9.47 Å². The second-order valence-corrected chi connectivity index (χ2v) is 12.0. The van der Waals surface area contributed by atoms with Crippen LogP contribution in [0.1, 0.15) is 23.1 Å². The molecule has 2 nitrogen and oxygen atoms in total. The Labute approximate surface area is 234 Å². The largest absolute Gasteiger partial charge is 0.497 e. The summed E-state index contributed by atoms with van der Waals surface area (Å²) in [5.41, 5.74) is 7.29. The number of thioether (sulfide) groups is 2. The third-order valence-corrected chi connectivity index (χ3v) is 9.99. The summed E-state index contributed by atoms with van der Waals surface area (Å²) >= 11 is 4.06. The topological polar surface area (TPSA) is 18.5 Å². The molecule has 192 valence electrons. The molecule has 0 aliphatic carbocycles. The van der Waals surface area contributed by atoms with Gasteiger partial charge < -0.3 is 9.47 Å². The zero-order valence-electron chi connectivity index (χ0n) is 21.8. The van der Waals surface area contributed by atoms with Crippen LogP contribution in [0.15, 0.2) is 121 Å². The minimum Gasteiger partial charge on any atom is -0.497 e. The van der Waals surface area contributed by atoms with Gasteiger partial charge in [-0.15, -0.1) is 23.5 Å². The molecule has 1 saturated heterocycles. The summed E-state index contributed by atoms with van der Waals surface area (Å²) in [5, 5.41) is 0. The van der Waals surface area contributed by atoms with Crippen molar-refractivity contribution in [1.29, 1.82) is 0 Å². The first kappa shape index (κ1) is 26.3. The molecular formula is C34H32O2S2. The highest BCUT2D eigenvalue weighted by atomic mass is 32.2. The van der Waals surface area contributed by atoms with E-state index < -0.39 is 0 Å². The minimum atomic E-state index is -0.102. The molecule has 1 heterocycles. The quantitative estimate of drug-likeness (QED) is 0.209. The number of hydrogen-bond donors (Lipinski definition) is 0. The van der Waals surface area contributed by atoms with Crippen LogP contribution in [0.4, 0.5) is 0 Å². The van der Waals surface area contributed by atoms with Crippen LogP contribution in [0.3, 0.4) is 0 Å². The van der Waals surface area contributed by atoms with Gasteiger partial charge in [-0.25, -0.2) is 0 Å². The molecule has 0 radical (unpaired) electrons. The molecular weight excluding hydrogens is 505 g/mol. The van der Waals surface area contributed by atoms with Crippen molar-refractivity contribution >= 4 is 29.1 Å². The fourth-order valence-electron chi connectivity index (χ4n) is 4.60. The molecule has 0 aromatic heterocycles. The van der Waals surface area contributed by atoms with Crippen molar-refractivity contribution in [2.75, 3.05) is 25.7 Å². The summed E-state index contributed by atoms with van der Waals surface area (Å²) in [6.45, 7) is 0. The van der Waals surface area contributed by atoms with Crippen LogP contribution in [-0.4, -0.2) is 25.7 Å². The summed E-state index contributed by atoms with van der Waals surface area (Å²) in [6, 6.07) is 36.2. The van der Waals surface area contributed by atoms with Gasteiger partial charge in [-0.3, -0.25) is 0 Å². The summed E-state index contributed by atoms with van der Waals surface area (Å²) in [7, 11) is 3.40. The molecule has 1 fully saturated rings. The van der Waals surface area contributed by atoms with Gasteiger partial charge in [0.25, 0.3) is 0 Å². The van der Waals surface area contributed by atoms with Crippen molar-refractivity contribution in [1.82, 2.24) is 0 Å². The predicted molar refractivity (Wildman–Crippen MR) is 165 cm³/mol. The number of methoxy groups -OCH3 is 2. The Balaban J connectivity index is 1.49. The summed E-state index contributed by atoms with van der Waals surface area (Å²) < 4.78 is 10.7. The summed E-state index contributed by atoms with van der Waals surface area (Å²) in [6.07, 6.45) is 8.09. The van der Waals surface area contributed by atoms with Crippen molar-refractivity contribution < 1.29 is 9.47 Å². The average Bonchev–Trinajstić information content (AvgIpc) is 3.00. The van der Waals surface area contributed by atoms with Crippen molar-refractivity contribution in [2.24, 2.45) is 0 Å². The molecule has 0 bridgehead atoms. The fourth-order valence-corrected chi connectivity index (χ4v) is 7.76. The van der Waals surface area contributed by atoms with Gasteiger partial charge >= 0.3 is 0 Å². The van der Waals surface area contributed by atoms with Crippen LogP contribution in [-0.2, 0) is 4.08 Å². The van der Waals surface area contributed by atoms with Gasteiger partial charge in [-0.1, -0.05) is 97.1 Å². The molecule has 0 spiro atoms. The van der Waals surface area contributed by atoms with E-state index in [-0.39, 0.29) is 4.08 Å². The first-order valence-electron chi connectivity index (χ1n) is 12.8. The van der Waals surface area contributed by atoms with Gasteiger partial charge in [0.1, 0.15) is 15.6 Å². The second-order valence-electron chi connectivity index (χ2n) is 9.06. The van der Waals surface area contributed by atoms with Gasteiger partial charge in [0.2, 0.25) is 0 Å². The number of hydrogen-bond acceptors (Lipinski definition) is 4. The molecule has 0 unspecified atom stereocenters.